The van der Waals surface area contributed by atoms with Crippen molar-refractivity contribution in [1.82, 2.24) is 0 Å². The Morgan fingerprint density at radius 2 is 0.625 bits per heavy atom. The molecule has 2 unspecified atom stereocenters. The molecule has 88 heavy (non-hydrogen) atoms. The molecule has 0 aliphatic carbocycles. The van der Waals surface area contributed by atoms with Gasteiger partial charge < -0.3 is 18.9 Å². The van der Waals surface area contributed by atoms with Gasteiger partial charge in [-0.3, -0.25) is 18.6 Å². The molecule has 0 saturated carbocycles. The Balaban J connectivity index is 4.18. The monoisotopic (exact) mass is 1240 g/mol. The summed E-state index contributed by atoms with van der Waals surface area (Å²) in [7, 11) is 1.42. The number of unbranched alkanes of at least 4 members (excludes halogenated alkanes) is 17. The molecule has 0 aliphatic rings. The second-order valence-electron chi connectivity index (χ2n) is 23.4. The molecule has 0 aromatic rings. The lowest BCUT2D eigenvalue weighted by molar-refractivity contribution is -0.870. The number of carbonyl (C=O) groups excluding carboxylic acids is 2. The number of phosphoric ester groups is 1. The number of quaternary nitrogens is 1. The van der Waals surface area contributed by atoms with E-state index in [1.54, 1.807) is 0 Å². The van der Waals surface area contributed by atoms with Gasteiger partial charge in [-0.05, 0) is 128 Å². The summed E-state index contributed by atoms with van der Waals surface area (Å²) in [6.45, 7) is 4.12. The van der Waals surface area contributed by atoms with Gasteiger partial charge in [0.05, 0.1) is 27.7 Å². The predicted octanol–water partition coefficient (Wildman–Crippen LogP) is 22.7. The van der Waals surface area contributed by atoms with Crippen LogP contribution in [0, 0.1) is 0 Å². The Labute approximate surface area is 540 Å². The van der Waals surface area contributed by atoms with Gasteiger partial charge in [0.15, 0.2) is 6.10 Å². The number of ether oxygens (including phenoxy) is 2. The number of carbonyl (C=O) groups is 2. The van der Waals surface area contributed by atoms with Gasteiger partial charge in [-0.15, -0.1) is 0 Å². The zero-order valence-corrected chi connectivity index (χ0v) is 57.3. The Bertz CT molecular complexity index is 2140. The molecule has 0 saturated heterocycles. The molecule has 0 rings (SSSR count). The van der Waals surface area contributed by atoms with Crippen molar-refractivity contribution < 1.29 is 42.1 Å². The number of nitrogens with zero attached hydrogens (tertiary/aromatic N) is 1. The minimum Gasteiger partial charge on any atom is -0.462 e. The van der Waals surface area contributed by atoms with Crippen molar-refractivity contribution in [1.29, 1.82) is 0 Å². The van der Waals surface area contributed by atoms with Gasteiger partial charge in [0.25, 0.3) is 0 Å². The zero-order valence-electron chi connectivity index (χ0n) is 56.4. The first-order valence-electron chi connectivity index (χ1n) is 34.5. The molecule has 0 fully saturated rings. The van der Waals surface area contributed by atoms with Crippen molar-refractivity contribution >= 4 is 19.8 Å². The fourth-order valence-electron chi connectivity index (χ4n) is 8.73. The number of allylic oxidation sites excluding steroid dienone is 30. The van der Waals surface area contributed by atoms with E-state index in [-0.39, 0.29) is 32.0 Å². The molecule has 0 aromatic heterocycles. The Hall–Kier alpha value is -4.89. The largest absolute Gasteiger partial charge is 0.472 e. The van der Waals surface area contributed by atoms with Crippen LogP contribution in [-0.2, 0) is 32.7 Å². The number of likely N-dealkylation sites (N-methyl/N-ethyl adjacent to an activating group) is 1. The smallest absolute Gasteiger partial charge is 0.462 e. The SMILES string of the molecule is CC/C=C\C/C=C\C/C=C\C/C=C\C/C=C\C/C=C\C/C=C\C/C=C\C/C=C\CCCC(=O)OC(COC(=O)CCCCCCCCCCCCCCCCCC/C=C\C/C=C\C/C=C\C/C=C\C/C=C\C/C=C\CC)COP(=O)(O)OCC[N+](C)(C)C. The van der Waals surface area contributed by atoms with Crippen molar-refractivity contribution in [2.45, 2.75) is 251 Å². The zero-order chi connectivity index (χ0) is 64.1. The summed E-state index contributed by atoms with van der Waals surface area (Å²) < 4.78 is 34.6. The molecule has 0 spiro atoms. The van der Waals surface area contributed by atoms with Crippen LogP contribution in [0.5, 0.6) is 0 Å². The fraction of sp³-hybridized carbons (Fsp3) is 0.590. The minimum atomic E-state index is -4.42. The molecule has 0 aliphatic heterocycles. The van der Waals surface area contributed by atoms with E-state index in [1.165, 1.54) is 89.9 Å². The maximum atomic E-state index is 12.8. The van der Waals surface area contributed by atoms with Gasteiger partial charge in [0, 0.05) is 12.8 Å². The van der Waals surface area contributed by atoms with E-state index in [0.29, 0.717) is 23.9 Å². The molecule has 496 valence electrons. The highest BCUT2D eigenvalue weighted by atomic mass is 31.2. The van der Waals surface area contributed by atoms with Gasteiger partial charge in [-0.25, -0.2) is 4.57 Å². The van der Waals surface area contributed by atoms with Crippen LogP contribution in [0.25, 0.3) is 0 Å². The molecule has 10 heteroatoms. The third kappa shape index (κ3) is 70.2. The van der Waals surface area contributed by atoms with Gasteiger partial charge in [0.2, 0.25) is 0 Å². The molecule has 2 atom stereocenters. The summed E-state index contributed by atoms with van der Waals surface area (Å²) in [5.74, 6) is -0.877. The quantitative estimate of drug-likeness (QED) is 0.0211. The third-order valence-electron chi connectivity index (χ3n) is 13.9. The first-order chi connectivity index (χ1) is 43.0. The highest BCUT2D eigenvalue weighted by Gasteiger charge is 2.27. The average Bonchev–Trinajstić information content (AvgIpc) is 3.68. The summed E-state index contributed by atoms with van der Waals surface area (Å²) >= 11 is 0. The van der Waals surface area contributed by atoms with Gasteiger partial charge in [-0.2, -0.15) is 0 Å². The maximum absolute atomic E-state index is 12.8. The summed E-state index contributed by atoms with van der Waals surface area (Å²) in [5.41, 5.74) is 0. The van der Waals surface area contributed by atoms with Crippen LogP contribution >= 0.6 is 7.82 Å². The Kier molecular flexibility index (Phi) is 62.8. The molecular weight excluding hydrogens is 1110 g/mol. The average molecular weight is 1240 g/mol. The lowest BCUT2D eigenvalue weighted by Gasteiger charge is -2.24. The summed E-state index contributed by atoms with van der Waals surface area (Å²) in [6.07, 6.45) is 103. The standard InChI is InChI=1S/C78H126NO8P/c1-6-8-10-12-14-16-18-20-22-24-26-28-30-32-34-36-37-38-39-40-41-43-44-46-48-50-52-54-56-58-60-62-64-66-68-70-77(80)84-74-76(75-86-88(82,83)85-73-72-79(3,4)5)87-78(81)71-69-67-65-63-61-59-57-55-53-51-49-47-45-42-35-33-31-29-27-25-23-21-19-17-15-13-11-9-7-2/h8-11,14-17,20-23,26-29,32-35,37-38,45,47,51,53,57,59,63,65,76H,6-7,12-13,18-19,24-25,30-31,36,39-44,46,48-50,52,54-56,58,60-62,64,66-75H2,1-5H3/p+1/b10-8-,11-9-,16-14-,17-15-,22-20-,23-21-,28-26-,29-27-,34-32-,35-33-,38-37-,47-45-,53-51-,59-57-,65-63-. The van der Waals surface area contributed by atoms with Crippen LogP contribution in [0.2, 0.25) is 0 Å². The number of hydrogen-bond donors (Lipinski definition) is 1. The first-order valence-corrected chi connectivity index (χ1v) is 36.0. The van der Waals surface area contributed by atoms with Gasteiger partial charge >= 0.3 is 19.8 Å². The van der Waals surface area contributed by atoms with Crippen LogP contribution < -0.4 is 0 Å². The van der Waals surface area contributed by atoms with Crippen LogP contribution in [0.15, 0.2) is 182 Å². The van der Waals surface area contributed by atoms with Crippen molar-refractivity contribution in [2.24, 2.45) is 0 Å². The number of hydrogen-bond acceptors (Lipinski definition) is 7. The van der Waals surface area contributed by atoms with Crippen molar-refractivity contribution in [3.63, 3.8) is 0 Å². The summed E-state index contributed by atoms with van der Waals surface area (Å²) in [5, 5.41) is 0. The number of rotatable bonds is 61. The van der Waals surface area contributed by atoms with E-state index in [2.05, 4.69) is 196 Å². The summed E-state index contributed by atoms with van der Waals surface area (Å²) in [4.78, 5) is 35.8. The van der Waals surface area contributed by atoms with E-state index < -0.39 is 26.5 Å². The van der Waals surface area contributed by atoms with Crippen LogP contribution in [0.1, 0.15) is 245 Å². The van der Waals surface area contributed by atoms with Gasteiger partial charge in [-0.1, -0.05) is 286 Å². The molecule has 0 radical (unpaired) electrons. The van der Waals surface area contributed by atoms with E-state index >= 15 is 0 Å². The lowest BCUT2D eigenvalue weighted by Crippen LogP contribution is -2.37. The maximum Gasteiger partial charge on any atom is 0.472 e. The Morgan fingerprint density at radius 3 is 0.943 bits per heavy atom. The molecule has 0 heterocycles. The third-order valence-corrected chi connectivity index (χ3v) is 14.9. The molecule has 1 N–H and O–H groups in total. The fourth-order valence-corrected chi connectivity index (χ4v) is 9.47. The first kappa shape index (κ1) is 83.1. The predicted molar refractivity (Wildman–Crippen MR) is 380 cm³/mol. The highest BCUT2D eigenvalue weighted by Crippen LogP contribution is 2.43. The van der Waals surface area contributed by atoms with Crippen LogP contribution in [0.4, 0.5) is 0 Å². The van der Waals surface area contributed by atoms with E-state index in [0.717, 1.165) is 116 Å². The topological polar surface area (TPSA) is 108 Å². The minimum absolute atomic E-state index is 0.0115. The van der Waals surface area contributed by atoms with Crippen molar-refractivity contribution in [3.8, 4) is 0 Å². The lowest BCUT2D eigenvalue weighted by atomic mass is 10.0. The molecule has 0 amide bonds. The molecular formula is C78H127NO8P+. The highest BCUT2D eigenvalue weighted by molar-refractivity contribution is 7.47. The Morgan fingerprint density at radius 1 is 0.352 bits per heavy atom. The van der Waals surface area contributed by atoms with E-state index in [4.69, 9.17) is 18.5 Å². The van der Waals surface area contributed by atoms with Crippen molar-refractivity contribution in [2.75, 3.05) is 47.5 Å². The molecule has 0 aromatic carbocycles. The second-order valence-corrected chi connectivity index (χ2v) is 24.9. The van der Waals surface area contributed by atoms with Gasteiger partial charge in [0.1, 0.15) is 19.8 Å². The van der Waals surface area contributed by atoms with E-state index in [9.17, 15) is 19.0 Å². The van der Waals surface area contributed by atoms with Crippen molar-refractivity contribution in [3.05, 3.63) is 182 Å². The van der Waals surface area contributed by atoms with E-state index in [1.807, 2.05) is 21.1 Å². The number of phosphoric acid groups is 1. The molecule has 0 bridgehead atoms. The summed E-state index contributed by atoms with van der Waals surface area (Å²) in [6, 6.07) is 0. The number of esters is 2. The second kappa shape index (κ2) is 66.5. The molecule has 9 nitrogen and oxygen atoms in total. The normalized spacial score (nSPS) is 14.3. The van der Waals surface area contributed by atoms with Crippen LogP contribution in [-0.4, -0.2) is 74.9 Å². The van der Waals surface area contributed by atoms with Crippen LogP contribution in [0.3, 0.4) is 0 Å².